The van der Waals surface area contributed by atoms with Crippen LogP contribution in [0.5, 0.6) is 0 Å². The van der Waals surface area contributed by atoms with Crippen LogP contribution < -0.4 is 5.32 Å². The molecular weight excluding hydrogens is 200 g/mol. The second-order valence-corrected chi connectivity index (χ2v) is 4.17. The third-order valence-electron chi connectivity index (χ3n) is 2.73. The van der Waals surface area contributed by atoms with Crippen LogP contribution in [0.4, 0.5) is 0 Å². The van der Waals surface area contributed by atoms with E-state index in [9.17, 15) is 0 Å². The van der Waals surface area contributed by atoms with Crippen LogP contribution in [0.2, 0.25) is 0 Å². The molecule has 1 atom stereocenters. The summed E-state index contributed by atoms with van der Waals surface area (Å²) in [6.45, 7) is 3.49. The molecule has 2 aromatic rings. The Morgan fingerprint density at radius 1 is 1.38 bits per heavy atom. The van der Waals surface area contributed by atoms with Crippen molar-refractivity contribution in [1.82, 2.24) is 10.3 Å². The lowest BCUT2D eigenvalue weighted by Crippen LogP contribution is -2.18. The highest BCUT2D eigenvalue weighted by Crippen LogP contribution is 2.16. The van der Waals surface area contributed by atoms with Gasteiger partial charge in [-0.1, -0.05) is 18.2 Å². The molecule has 0 spiro atoms. The number of aliphatic hydroxyl groups excluding tert-OH is 1. The van der Waals surface area contributed by atoms with Gasteiger partial charge in [0.1, 0.15) is 0 Å². The molecular formula is C13H18N2O. The Balaban J connectivity index is 1.96. The van der Waals surface area contributed by atoms with Gasteiger partial charge >= 0.3 is 0 Å². The number of fused-ring (bicyclic) bond motifs is 1. The zero-order valence-corrected chi connectivity index (χ0v) is 9.53. The molecule has 86 valence electrons. The van der Waals surface area contributed by atoms with E-state index in [4.69, 9.17) is 5.11 Å². The average Bonchev–Trinajstić information content (AvgIpc) is 2.72. The van der Waals surface area contributed by atoms with Gasteiger partial charge in [-0.05, 0) is 36.9 Å². The van der Waals surface area contributed by atoms with Crippen LogP contribution in [-0.4, -0.2) is 22.7 Å². The number of H-pyrrole nitrogens is 1. The topological polar surface area (TPSA) is 48.0 Å². The second kappa shape index (κ2) is 5.14. The molecule has 0 amide bonds. The minimum atomic E-state index is -0.228. The Bertz CT molecular complexity index is 448. The van der Waals surface area contributed by atoms with Crippen molar-refractivity contribution in [2.75, 3.05) is 6.54 Å². The third-order valence-corrected chi connectivity index (χ3v) is 2.73. The van der Waals surface area contributed by atoms with Crippen LogP contribution >= 0.6 is 0 Å². The number of para-hydroxylation sites is 1. The minimum absolute atomic E-state index is 0.228. The predicted octanol–water partition coefficient (Wildman–Crippen LogP) is 2.03. The van der Waals surface area contributed by atoms with E-state index in [0.29, 0.717) is 0 Å². The van der Waals surface area contributed by atoms with Crippen LogP contribution in [0, 0.1) is 0 Å². The molecule has 1 aromatic carbocycles. The minimum Gasteiger partial charge on any atom is -0.393 e. The van der Waals surface area contributed by atoms with Gasteiger partial charge in [-0.15, -0.1) is 0 Å². The van der Waals surface area contributed by atoms with Crippen molar-refractivity contribution >= 4 is 10.9 Å². The molecule has 0 aliphatic rings. The van der Waals surface area contributed by atoms with Gasteiger partial charge in [-0.25, -0.2) is 0 Å². The zero-order valence-electron chi connectivity index (χ0n) is 9.53. The number of nitrogens with one attached hydrogen (secondary N) is 2. The number of rotatable bonds is 5. The number of aromatic nitrogens is 1. The number of benzene rings is 1. The summed E-state index contributed by atoms with van der Waals surface area (Å²) in [6, 6.07) is 8.37. The van der Waals surface area contributed by atoms with Crippen molar-refractivity contribution in [3.63, 3.8) is 0 Å². The maximum Gasteiger partial charge on any atom is 0.0524 e. The lowest BCUT2D eigenvalue weighted by Gasteiger charge is -2.07. The largest absolute Gasteiger partial charge is 0.393 e. The first-order chi connectivity index (χ1) is 7.77. The fourth-order valence-electron chi connectivity index (χ4n) is 1.83. The molecule has 1 aromatic heterocycles. The first-order valence-corrected chi connectivity index (χ1v) is 5.71. The fraction of sp³-hybridized carbons (Fsp3) is 0.385. The standard InChI is InChI=1S/C13H18N2O/c1-10(16)5-7-14-9-12-4-2-3-11-6-8-15-13(11)12/h2-4,6,8,10,14-16H,5,7,9H2,1H3. The highest BCUT2D eigenvalue weighted by atomic mass is 16.3. The van der Waals surface area contributed by atoms with Crippen molar-refractivity contribution in [2.45, 2.75) is 26.0 Å². The molecule has 16 heavy (non-hydrogen) atoms. The fourth-order valence-corrected chi connectivity index (χ4v) is 1.83. The van der Waals surface area contributed by atoms with Gasteiger partial charge < -0.3 is 15.4 Å². The third kappa shape index (κ3) is 2.62. The maximum atomic E-state index is 9.14. The zero-order chi connectivity index (χ0) is 11.4. The quantitative estimate of drug-likeness (QED) is 0.672. The molecule has 2 rings (SSSR count). The lowest BCUT2D eigenvalue weighted by atomic mass is 10.1. The first kappa shape index (κ1) is 11.2. The van der Waals surface area contributed by atoms with E-state index in [2.05, 4.69) is 34.6 Å². The van der Waals surface area contributed by atoms with Crippen LogP contribution in [-0.2, 0) is 6.54 Å². The molecule has 3 heteroatoms. The molecule has 0 bridgehead atoms. The highest BCUT2D eigenvalue weighted by molar-refractivity contribution is 5.82. The van der Waals surface area contributed by atoms with Gasteiger partial charge in [-0.2, -0.15) is 0 Å². The summed E-state index contributed by atoms with van der Waals surface area (Å²) in [6.07, 6.45) is 2.53. The molecule has 0 aliphatic heterocycles. The molecule has 0 aliphatic carbocycles. The van der Waals surface area contributed by atoms with E-state index in [-0.39, 0.29) is 6.10 Å². The van der Waals surface area contributed by atoms with Gasteiger partial charge in [0.05, 0.1) is 6.10 Å². The Morgan fingerprint density at radius 3 is 3.06 bits per heavy atom. The summed E-state index contributed by atoms with van der Waals surface area (Å²) in [5, 5.41) is 13.7. The van der Waals surface area contributed by atoms with Gasteiger partial charge in [0, 0.05) is 18.3 Å². The summed E-state index contributed by atoms with van der Waals surface area (Å²) >= 11 is 0. The van der Waals surface area contributed by atoms with Crippen LogP contribution in [0.15, 0.2) is 30.5 Å². The average molecular weight is 218 g/mol. The van der Waals surface area contributed by atoms with Crippen molar-refractivity contribution < 1.29 is 5.11 Å². The Morgan fingerprint density at radius 2 is 2.25 bits per heavy atom. The van der Waals surface area contributed by atoms with Crippen molar-refractivity contribution in [3.8, 4) is 0 Å². The number of hydrogen-bond acceptors (Lipinski definition) is 2. The molecule has 3 nitrogen and oxygen atoms in total. The van der Waals surface area contributed by atoms with Crippen LogP contribution in [0.25, 0.3) is 10.9 Å². The normalized spacial score (nSPS) is 13.1. The maximum absolute atomic E-state index is 9.14. The van der Waals surface area contributed by atoms with Gasteiger partial charge in [0.2, 0.25) is 0 Å². The number of aromatic amines is 1. The number of aliphatic hydroxyl groups is 1. The van der Waals surface area contributed by atoms with Gasteiger partial charge in [0.25, 0.3) is 0 Å². The lowest BCUT2D eigenvalue weighted by molar-refractivity contribution is 0.183. The van der Waals surface area contributed by atoms with E-state index in [1.807, 2.05) is 13.1 Å². The van der Waals surface area contributed by atoms with Gasteiger partial charge in [-0.3, -0.25) is 0 Å². The second-order valence-electron chi connectivity index (χ2n) is 4.17. The highest BCUT2D eigenvalue weighted by Gasteiger charge is 2.01. The summed E-state index contributed by atoms with van der Waals surface area (Å²) in [4.78, 5) is 3.25. The van der Waals surface area contributed by atoms with E-state index in [1.165, 1.54) is 16.5 Å². The Labute approximate surface area is 95.5 Å². The molecule has 3 N–H and O–H groups in total. The summed E-state index contributed by atoms with van der Waals surface area (Å²) in [5.74, 6) is 0. The van der Waals surface area contributed by atoms with E-state index < -0.39 is 0 Å². The van der Waals surface area contributed by atoms with Crippen molar-refractivity contribution in [1.29, 1.82) is 0 Å². The predicted molar refractivity (Wildman–Crippen MR) is 66.3 cm³/mol. The van der Waals surface area contributed by atoms with Crippen LogP contribution in [0.1, 0.15) is 18.9 Å². The SMILES string of the molecule is CC(O)CCNCc1cccc2cc[nH]c12. The summed E-state index contributed by atoms with van der Waals surface area (Å²) in [5.41, 5.74) is 2.47. The van der Waals surface area contributed by atoms with E-state index in [0.717, 1.165) is 19.5 Å². The molecule has 0 saturated carbocycles. The Hall–Kier alpha value is -1.32. The molecule has 0 saturated heterocycles. The summed E-state index contributed by atoms with van der Waals surface area (Å²) < 4.78 is 0. The van der Waals surface area contributed by atoms with Crippen molar-refractivity contribution in [3.05, 3.63) is 36.0 Å². The number of hydrogen-bond donors (Lipinski definition) is 3. The van der Waals surface area contributed by atoms with E-state index in [1.54, 1.807) is 0 Å². The smallest absolute Gasteiger partial charge is 0.0524 e. The molecule has 0 radical (unpaired) electrons. The van der Waals surface area contributed by atoms with Crippen molar-refractivity contribution in [2.24, 2.45) is 0 Å². The van der Waals surface area contributed by atoms with Crippen LogP contribution in [0.3, 0.4) is 0 Å². The van der Waals surface area contributed by atoms with E-state index >= 15 is 0 Å². The molecule has 0 fully saturated rings. The molecule has 1 unspecified atom stereocenters. The first-order valence-electron chi connectivity index (χ1n) is 5.71. The Kier molecular flexibility index (Phi) is 3.59. The summed E-state index contributed by atoms with van der Waals surface area (Å²) in [7, 11) is 0. The molecule has 1 heterocycles. The monoisotopic (exact) mass is 218 g/mol. The van der Waals surface area contributed by atoms with Gasteiger partial charge in [0.15, 0.2) is 0 Å².